The maximum absolute atomic E-state index is 6.26. The van der Waals surface area contributed by atoms with Gasteiger partial charge in [0, 0.05) is 5.75 Å². The van der Waals surface area contributed by atoms with E-state index < -0.39 is 0 Å². The number of rotatable bonds is 0. The normalized spacial score (nSPS) is 33.3. The van der Waals surface area contributed by atoms with Crippen molar-refractivity contribution in [2.24, 2.45) is 10.4 Å². The molecule has 0 amide bonds. The second kappa shape index (κ2) is 4.01. The molecular formula is C14H19NOS. The maximum atomic E-state index is 6.26. The molecule has 2 nitrogen and oxygen atoms in total. The summed E-state index contributed by atoms with van der Waals surface area (Å²) in [5.74, 6) is 3.97. The van der Waals surface area contributed by atoms with Crippen LogP contribution in [0.3, 0.4) is 0 Å². The Hall–Kier alpha value is -0.500. The summed E-state index contributed by atoms with van der Waals surface area (Å²) >= 11 is 1.97. The minimum atomic E-state index is -0.0533. The summed E-state index contributed by atoms with van der Waals surface area (Å²) in [5, 5.41) is 0. The molecule has 3 aliphatic rings. The molecule has 2 aliphatic heterocycles. The number of hydrogen-bond acceptors (Lipinski definition) is 3. The van der Waals surface area contributed by atoms with Crippen LogP contribution in [0.15, 0.2) is 22.7 Å². The van der Waals surface area contributed by atoms with E-state index in [0.717, 1.165) is 18.6 Å². The Labute approximate surface area is 107 Å². The van der Waals surface area contributed by atoms with E-state index in [1.165, 1.54) is 18.4 Å². The van der Waals surface area contributed by atoms with Crippen LogP contribution in [0.4, 0.5) is 0 Å². The van der Waals surface area contributed by atoms with Crippen LogP contribution in [0.5, 0.6) is 0 Å². The molecule has 0 aromatic heterocycles. The number of allylic oxidation sites excluding steroid dienone is 2. The highest BCUT2D eigenvalue weighted by Crippen LogP contribution is 2.51. The Morgan fingerprint density at radius 1 is 1.35 bits per heavy atom. The van der Waals surface area contributed by atoms with Gasteiger partial charge in [-0.2, -0.15) is 0 Å². The van der Waals surface area contributed by atoms with E-state index in [9.17, 15) is 0 Å². The maximum Gasteiger partial charge on any atom is 0.181 e. The van der Waals surface area contributed by atoms with E-state index >= 15 is 0 Å². The second-order valence-electron chi connectivity index (χ2n) is 6.00. The molecule has 0 radical (unpaired) electrons. The van der Waals surface area contributed by atoms with Crippen LogP contribution in [0.2, 0.25) is 0 Å². The highest BCUT2D eigenvalue weighted by molar-refractivity contribution is 8.00. The molecule has 1 spiro atoms. The van der Waals surface area contributed by atoms with E-state index in [4.69, 9.17) is 4.74 Å². The third-order valence-electron chi connectivity index (χ3n) is 4.07. The molecule has 1 aliphatic carbocycles. The van der Waals surface area contributed by atoms with Gasteiger partial charge in [0.2, 0.25) is 0 Å². The lowest BCUT2D eigenvalue weighted by atomic mass is 9.76. The van der Waals surface area contributed by atoms with Crippen LogP contribution < -0.4 is 0 Å². The molecule has 1 saturated carbocycles. The first kappa shape index (κ1) is 11.6. The van der Waals surface area contributed by atoms with Crippen molar-refractivity contribution in [3.63, 3.8) is 0 Å². The smallest absolute Gasteiger partial charge is 0.181 e. The van der Waals surface area contributed by atoms with Crippen molar-refractivity contribution in [2.45, 2.75) is 50.7 Å². The van der Waals surface area contributed by atoms with Crippen LogP contribution in [0.25, 0.3) is 0 Å². The largest absolute Gasteiger partial charge is 0.335 e. The standard InChI is InChI=1S/C14H19NOS/c1-13(2)5-7-14(8-6-13)16-12-11(10-17-14)4-3-9-15-12/h3-4,12H,5-8,10H2,1-2H3. The molecule has 1 atom stereocenters. The fourth-order valence-corrected chi connectivity index (χ4v) is 3.98. The van der Waals surface area contributed by atoms with Crippen molar-refractivity contribution in [1.82, 2.24) is 0 Å². The van der Waals surface area contributed by atoms with Crippen LogP contribution in [-0.4, -0.2) is 22.8 Å². The average molecular weight is 249 g/mol. The fourth-order valence-electron chi connectivity index (χ4n) is 2.66. The van der Waals surface area contributed by atoms with Crippen molar-refractivity contribution in [1.29, 1.82) is 0 Å². The minimum absolute atomic E-state index is 0.0278. The predicted molar refractivity (Wildman–Crippen MR) is 72.4 cm³/mol. The number of fused-ring (bicyclic) bond motifs is 1. The minimum Gasteiger partial charge on any atom is -0.335 e. The molecule has 3 rings (SSSR count). The molecule has 17 heavy (non-hydrogen) atoms. The van der Waals surface area contributed by atoms with Crippen molar-refractivity contribution in [2.75, 3.05) is 5.75 Å². The summed E-state index contributed by atoms with van der Waals surface area (Å²) in [4.78, 5) is 4.36. The Balaban J connectivity index is 1.74. The molecule has 1 unspecified atom stereocenters. The Kier molecular flexibility index (Phi) is 2.73. The number of ether oxygens (including phenoxy) is 1. The molecular weight excluding hydrogens is 230 g/mol. The average Bonchev–Trinajstić information content (AvgIpc) is 2.34. The topological polar surface area (TPSA) is 21.6 Å². The number of hydrogen-bond donors (Lipinski definition) is 0. The molecule has 0 N–H and O–H groups in total. The molecule has 0 bridgehead atoms. The number of aliphatic imine (C=N–C) groups is 1. The van der Waals surface area contributed by atoms with Crippen molar-refractivity contribution < 1.29 is 4.74 Å². The first-order valence-electron chi connectivity index (χ1n) is 6.38. The Bertz CT molecular complexity index is 408. The lowest BCUT2D eigenvalue weighted by Gasteiger charge is -2.46. The van der Waals surface area contributed by atoms with Gasteiger partial charge in [-0.05, 0) is 54.7 Å². The highest BCUT2D eigenvalue weighted by atomic mass is 32.2. The van der Waals surface area contributed by atoms with Gasteiger partial charge in [0.25, 0.3) is 0 Å². The van der Waals surface area contributed by atoms with E-state index in [2.05, 4.69) is 30.8 Å². The van der Waals surface area contributed by atoms with Gasteiger partial charge in [-0.1, -0.05) is 13.8 Å². The number of nitrogens with zero attached hydrogens (tertiary/aromatic N) is 1. The van der Waals surface area contributed by atoms with Gasteiger partial charge in [0.05, 0.1) is 0 Å². The van der Waals surface area contributed by atoms with Gasteiger partial charge in [-0.15, -0.1) is 11.8 Å². The second-order valence-corrected chi connectivity index (χ2v) is 7.32. The fraction of sp³-hybridized carbons (Fsp3) is 0.714. The lowest BCUT2D eigenvalue weighted by Crippen LogP contribution is -2.43. The number of thioether (sulfide) groups is 1. The summed E-state index contributed by atoms with van der Waals surface area (Å²) in [6, 6.07) is 0. The van der Waals surface area contributed by atoms with Gasteiger partial charge >= 0.3 is 0 Å². The van der Waals surface area contributed by atoms with Gasteiger partial charge in [-0.3, -0.25) is 0 Å². The molecule has 2 heterocycles. The molecule has 2 fully saturated rings. The zero-order valence-electron chi connectivity index (χ0n) is 10.5. The van der Waals surface area contributed by atoms with Crippen LogP contribution in [0, 0.1) is 5.41 Å². The first-order valence-corrected chi connectivity index (χ1v) is 7.37. The van der Waals surface area contributed by atoms with Crippen LogP contribution >= 0.6 is 11.8 Å². The molecule has 0 aromatic carbocycles. The van der Waals surface area contributed by atoms with Gasteiger partial charge in [-0.25, -0.2) is 4.99 Å². The Morgan fingerprint density at radius 2 is 2.12 bits per heavy atom. The Morgan fingerprint density at radius 3 is 2.88 bits per heavy atom. The molecule has 3 heteroatoms. The van der Waals surface area contributed by atoms with Gasteiger partial charge in [0.1, 0.15) is 4.93 Å². The summed E-state index contributed by atoms with van der Waals surface area (Å²) in [6.07, 6.45) is 8.77. The highest BCUT2D eigenvalue weighted by Gasteiger charge is 2.44. The van der Waals surface area contributed by atoms with Crippen molar-refractivity contribution in [3.8, 4) is 0 Å². The third-order valence-corrected chi connectivity index (χ3v) is 5.58. The molecule has 1 saturated heterocycles. The first-order chi connectivity index (χ1) is 8.09. The van der Waals surface area contributed by atoms with Crippen molar-refractivity contribution in [3.05, 3.63) is 17.7 Å². The summed E-state index contributed by atoms with van der Waals surface area (Å²) in [5.41, 5.74) is 1.78. The summed E-state index contributed by atoms with van der Waals surface area (Å²) in [7, 11) is 0. The van der Waals surface area contributed by atoms with E-state index in [1.54, 1.807) is 0 Å². The predicted octanol–water partition coefficient (Wildman–Crippen LogP) is 3.54. The third kappa shape index (κ3) is 2.24. The van der Waals surface area contributed by atoms with Crippen molar-refractivity contribution >= 4 is 17.6 Å². The van der Waals surface area contributed by atoms with E-state index in [0.29, 0.717) is 5.41 Å². The molecule has 0 aromatic rings. The van der Waals surface area contributed by atoms with E-state index in [1.807, 2.05) is 17.8 Å². The monoisotopic (exact) mass is 249 g/mol. The van der Waals surface area contributed by atoms with Gasteiger partial charge in [0.15, 0.2) is 6.23 Å². The zero-order valence-corrected chi connectivity index (χ0v) is 11.3. The lowest BCUT2D eigenvalue weighted by molar-refractivity contribution is -0.0552. The summed E-state index contributed by atoms with van der Waals surface area (Å²) < 4.78 is 6.26. The SMILES string of the molecule is CC1(C)CCC2(CC1)OC1N=C=CC=C1CS2. The van der Waals surface area contributed by atoms with Gasteiger partial charge < -0.3 is 4.74 Å². The molecule has 92 valence electrons. The van der Waals surface area contributed by atoms with Crippen LogP contribution in [-0.2, 0) is 4.74 Å². The van der Waals surface area contributed by atoms with E-state index in [-0.39, 0.29) is 11.2 Å². The quantitative estimate of drug-likeness (QED) is 0.655. The summed E-state index contributed by atoms with van der Waals surface area (Å²) in [6.45, 7) is 4.72. The van der Waals surface area contributed by atoms with Crippen LogP contribution in [0.1, 0.15) is 39.5 Å². The zero-order chi connectivity index (χ0) is 11.9.